The minimum absolute atomic E-state index is 0.0655. The molecular formula is C14H18N4O2. The van der Waals surface area contributed by atoms with Crippen LogP contribution in [-0.4, -0.2) is 16.6 Å². The van der Waals surface area contributed by atoms with Crippen molar-refractivity contribution in [3.63, 3.8) is 0 Å². The molecule has 0 radical (unpaired) electrons. The molecule has 0 bridgehead atoms. The first-order valence-electron chi connectivity index (χ1n) is 6.53. The van der Waals surface area contributed by atoms with Gasteiger partial charge in [-0.05, 0) is 30.7 Å². The molecule has 0 unspecified atom stereocenters. The van der Waals surface area contributed by atoms with Gasteiger partial charge in [0, 0.05) is 5.69 Å². The number of nitrogens with zero attached hydrogens (tertiary/aromatic N) is 1. The van der Waals surface area contributed by atoms with Gasteiger partial charge < -0.3 is 20.8 Å². The molecule has 106 valence electrons. The molecule has 0 saturated carbocycles. The van der Waals surface area contributed by atoms with E-state index in [0.717, 1.165) is 24.3 Å². The number of H-pyrrole nitrogens is 1. The Morgan fingerprint density at radius 3 is 2.80 bits per heavy atom. The summed E-state index contributed by atoms with van der Waals surface area (Å²) in [6, 6.07) is 7.43. The van der Waals surface area contributed by atoms with Gasteiger partial charge in [0.05, 0.1) is 12.9 Å². The minimum atomic E-state index is -0.359. The molecule has 0 aliphatic carbocycles. The van der Waals surface area contributed by atoms with Gasteiger partial charge in [-0.3, -0.25) is 4.79 Å². The quantitative estimate of drug-likeness (QED) is 0.703. The van der Waals surface area contributed by atoms with Gasteiger partial charge in [0.2, 0.25) is 0 Å². The summed E-state index contributed by atoms with van der Waals surface area (Å²) in [4.78, 5) is 17.8. The number of aromatic nitrogens is 2. The van der Waals surface area contributed by atoms with Crippen LogP contribution in [-0.2, 0) is 0 Å². The summed E-state index contributed by atoms with van der Waals surface area (Å²) < 4.78 is 5.57. The summed E-state index contributed by atoms with van der Waals surface area (Å²) >= 11 is 0. The van der Waals surface area contributed by atoms with Gasteiger partial charge >= 0.3 is 0 Å². The van der Waals surface area contributed by atoms with E-state index in [2.05, 4.69) is 22.2 Å². The number of anilines is 3. The van der Waals surface area contributed by atoms with Crippen LogP contribution in [0.15, 0.2) is 35.4 Å². The smallest absolute Gasteiger partial charge is 0.276 e. The van der Waals surface area contributed by atoms with E-state index in [0.29, 0.717) is 12.4 Å². The minimum Gasteiger partial charge on any atom is -0.494 e. The Kier molecular flexibility index (Phi) is 4.60. The van der Waals surface area contributed by atoms with Gasteiger partial charge in [-0.2, -0.15) is 0 Å². The van der Waals surface area contributed by atoms with Gasteiger partial charge in [-0.15, -0.1) is 0 Å². The molecule has 1 aromatic carbocycles. The van der Waals surface area contributed by atoms with Crippen LogP contribution >= 0.6 is 0 Å². The second-order valence-electron chi connectivity index (χ2n) is 4.35. The molecule has 0 amide bonds. The van der Waals surface area contributed by atoms with E-state index >= 15 is 0 Å². The fourth-order valence-corrected chi connectivity index (χ4v) is 1.62. The highest BCUT2D eigenvalue weighted by atomic mass is 16.5. The zero-order valence-electron chi connectivity index (χ0n) is 11.3. The normalized spacial score (nSPS) is 10.2. The van der Waals surface area contributed by atoms with Crippen molar-refractivity contribution >= 4 is 17.2 Å². The molecule has 0 saturated heterocycles. The van der Waals surface area contributed by atoms with E-state index in [1.165, 1.54) is 6.33 Å². The van der Waals surface area contributed by atoms with Gasteiger partial charge in [0.1, 0.15) is 11.4 Å². The van der Waals surface area contributed by atoms with E-state index < -0.39 is 0 Å². The van der Waals surface area contributed by atoms with E-state index in [4.69, 9.17) is 10.5 Å². The summed E-state index contributed by atoms with van der Waals surface area (Å²) in [5.74, 6) is 1.16. The van der Waals surface area contributed by atoms with Crippen LogP contribution in [0.25, 0.3) is 0 Å². The van der Waals surface area contributed by atoms with Crippen LogP contribution in [0.3, 0.4) is 0 Å². The molecule has 0 spiro atoms. The number of ether oxygens (including phenoxy) is 1. The third kappa shape index (κ3) is 3.50. The molecular weight excluding hydrogens is 256 g/mol. The summed E-state index contributed by atoms with van der Waals surface area (Å²) in [7, 11) is 0. The maximum Gasteiger partial charge on any atom is 0.276 e. The molecule has 0 atom stereocenters. The molecule has 1 aromatic heterocycles. The van der Waals surface area contributed by atoms with Crippen LogP contribution in [0.4, 0.5) is 17.2 Å². The van der Waals surface area contributed by atoms with Crippen LogP contribution in [0, 0.1) is 0 Å². The largest absolute Gasteiger partial charge is 0.494 e. The van der Waals surface area contributed by atoms with Crippen LogP contribution in [0.5, 0.6) is 5.75 Å². The van der Waals surface area contributed by atoms with Crippen molar-refractivity contribution in [2.24, 2.45) is 0 Å². The van der Waals surface area contributed by atoms with E-state index in [1.54, 1.807) is 0 Å². The highest BCUT2D eigenvalue weighted by molar-refractivity contribution is 5.67. The first kappa shape index (κ1) is 13.9. The van der Waals surface area contributed by atoms with Gasteiger partial charge in [-0.25, -0.2) is 4.98 Å². The van der Waals surface area contributed by atoms with E-state index in [1.807, 2.05) is 24.3 Å². The standard InChI is InChI=1S/C14H18N4O2/c1-2-3-8-20-11-6-4-10(5-7-11)18-13-12(15)14(19)17-9-16-13/h4-7,9H,2-3,8,15H2,1H3,(H2,16,17,18,19). The van der Waals surface area contributed by atoms with Gasteiger partial charge in [0.15, 0.2) is 5.82 Å². The Morgan fingerprint density at radius 2 is 2.10 bits per heavy atom. The lowest BCUT2D eigenvalue weighted by Crippen LogP contribution is -2.14. The van der Waals surface area contributed by atoms with Crippen molar-refractivity contribution in [2.45, 2.75) is 19.8 Å². The average Bonchev–Trinajstić information content (AvgIpc) is 2.46. The molecule has 2 aromatic rings. The Bertz CT molecular complexity index is 607. The number of aromatic amines is 1. The Labute approximate surface area is 117 Å². The highest BCUT2D eigenvalue weighted by Gasteiger charge is 2.04. The van der Waals surface area contributed by atoms with Crippen molar-refractivity contribution in [3.05, 3.63) is 40.9 Å². The number of hydrogen-bond acceptors (Lipinski definition) is 5. The number of rotatable bonds is 6. The number of unbranched alkanes of at least 4 members (excludes halogenated alkanes) is 1. The summed E-state index contributed by atoms with van der Waals surface area (Å²) in [5, 5.41) is 3.00. The maximum atomic E-state index is 11.4. The number of nitrogens with one attached hydrogen (secondary N) is 2. The average molecular weight is 274 g/mol. The molecule has 20 heavy (non-hydrogen) atoms. The van der Waals surface area contributed by atoms with Crippen LogP contribution in [0.1, 0.15) is 19.8 Å². The molecule has 6 heteroatoms. The predicted octanol–water partition coefficient (Wildman–Crippen LogP) is 2.27. The van der Waals surface area contributed by atoms with Crippen LogP contribution < -0.4 is 21.3 Å². The van der Waals surface area contributed by atoms with Crippen molar-refractivity contribution in [1.29, 1.82) is 0 Å². The molecule has 0 aliphatic heterocycles. The second kappa shape index (κ2) is 6.60. The van der Waals surface area contributed by atoms with E-state index in [9.17, 15) is 4.79 Å². The Morgan fingerprint density at radius 1 is 1.35 bits per heavy atom. The lowest BCUT2D eigenvalue weighted by molar-refractivity contribution is 0.309. The maximum absolute atomic E-state index is 11.4. The summed E-state index contributed by atoms with van der Waals surface area (Å²) in [6.45, 7) is 2.83. The zero-order chi connectivity index (χ0) is 14.4. The summed E-state index contributed by atoms with van der Waals surface area (Å²) in [5.41, 5.74) is 6.14. The van der Waals surface area contributed by atoms with Gasteiger partial charge in [-0.1, -0.05) is 13.3 Å². The lowest BCUT2D eigenvalue weighted by atomic mass is 10.3. The number of nitrogen functional groups attached to an aromatic ring is 1. The van der Waals surface area contributed by atoms with Crippen molar-refractivity contribution in [3.8, 4) is 5.75 Å². The van der Waals surface area contributed by atoms with Crippen molar-refractivity contribution < 1.29 is 4.74 Å². The fraction of sp³-hybridized carbons (Fsp3) is 0.286. The van der Waals surface area contributed by atoms with Crippen molar-refractivity contribution in [1.82, 2.24) is 9.97 Å². The third-order valence-corrected chi connectivity index (χ3v) is 2.77. The monoisotopic (exact) mass is 274 g/mol. The third-order valence-electron chi connectivity index (χ3n) is 2.77. The predicted molar refractivity (Wildman–Crippen MR) is 79.4 cm³/mol. The SMILES string of the molecule is CCCCOc1ccc(Nc2nc[nH]c(=O)c2N)cc1. The first-order chi connectivity index (χ1) is 9.70. The number of nitrogens with two attached hydrogens (primary N) is 1. The number of benzene rings is 1. The van der Waals surface area contributed by atoms with Gasteiger partial charge in [0.25, 0.3) is 5.56 Å². The zero-order valence-corrected chi connectivity index (χ0v) is 11.3. The molecule has 0 aliphatic rings. The topological polar surface area (TPSA) is 93.0 Å². The number of hydrogen-bond donors (Lipinski definition) is 3. The first-order valence-corrected chi connectivity index (χ1v) is 6.53. The Balaban J connectivity index is 2.03. The molecule has 0 fully saturated rings. The fourth-order valence-electron chi connectivity index (χ4n) is 1.62. The molecule has 2 rings (SSSR count). The molecule has 1 heterocycles. The molecule has 4 N–H and O–H groups in total. The lowest BCUT2D eigenvalue weighted by Gasteiger charge is -2.09. The van der Waals surface area contributed by atoms with Crippen molar-refractivity contribution in [2.75, 3.05) is 17.7 Å². The Hall–Kier alpha value is -2.50. The van der Waals surface area contributed by atoms with Crippen LogP contribution in [0.2, 0.25) is 0 Å². The highest BCUT2D eigenvalue weighted by Crippen LogP contribution is 2.20. The molecule has 6 nitrogen and oxygen atoms in total. The second-order valence-corrected chi connectivity index (χ2v) is 4.35. The summed E-state index contributed by atoms with van der Waals surface area (Å²) in [6.07, 6.45) is 3.45. The van der Waals surface area contributed by atoms with E-state index in [-0.39, 0.29) is 11.2 Å².